The van der Waals surface area contributed by atoms with Gasteiger partial charge in [0.05, 0.1) is 31.7 Å². The summed E-state index contributed by atoms with van der Waals surface area (Å²) < 4.78 is 11.1. The number of hydrogen-bond donors (Lipinski definition) is 2. The van der Waals surface area contributed by atoms with E-state index in [0.29, 0.717) is 62.1 Å². The molecule has 0 unspecified atom stereocenters. The van der Waals surface area contributed by atoms with Crippen molar-refractivity contribution in [2.45, 2.75) is 58.0 Å². The number of nitrogens with zero attached hydrogens (tertiary/aromatic N) is 2. The molecule has 3 N–H and O–H groups in total. The number of benzene rings is 1. The third kappa shape index (κ3) is 5.79. The number of furan rings is 1. The van der Waals surface area contributed by atoms with E-state index in [2.05, 4.69) is 5.32 Å². The lowest BCUT2D eigenvalue weighted by Gasteiger charge is -2.34. The zero-order valence-corrected chi connectivity index (χ0v) is 21.7. The number of para-hydroxylation sites is 1. The van der Waals surface area contributed by atoms with Gasteiger partial charge < -0.3 is 30.0 Å². The molecule has 3 atom stereocenters. The highest BCUT2D eigenvalue weighted by atomic mass is 16.5. The minimum absolute atomic E-state index is 0.0369. The molecule has 0 saturated carbocycles. The summed E-state index contributed by atoms with van der Waals surface area (Å²) in [7, 11) is 0. The van der Waals surface area contributed by atoms with Gasteiger partial charge >= 0.3 is 6.03 Å². The van der Waals surface area contributed by atoms with E-state index in [4.69, 9.17) is 14.9 Å². The van der Waals surface area contributed by atoms with E-state index in [1.165, 1.54) is 0 Å². The van der Waals surface area contributed by atoms with Crippen molar-refractivity contribution in [2.75, 3.05) is 32.8 Å². The molecule has 1 aromatic heterocycles. The second-order valence-corrected chi connectivity index (χ2v) is 10.4. The number of carbonyl (C=O) groups excluding carboxylic acids is 4. The van der Waals surface area contributed by atoms with Crippen molar-refractivity contribution < 1.29 is 28.3 Å². The van der Waals surface area contributed by atoms with Crippen LogP contribution in [0.3, 0.4) is 0 Å². The molecule has 0 spiro atoms. The van der Waals surface area contributed by atoms with Crippen LogP contribution in [0.4, 0.5) is 4.79 Å². The summed E-state index contributed by atoms with van der Waals surface area (Å²) in [6, 6.07) is 6.07. The van der Waals surface area contributed by atoms with Crippen LogP contribution in [0.25, 0.3) is 11.0 Å². The Kier molecular flexibility index (Phi) is 8.16. The number of morpholine rings is 1. The predicted molar refractivity (Wildman–Crippen MR) is 137 cm³/mol. The van der Waals surface area contributed by atoms with E-state index in [0.717, 1.165) is 0 Å². The molecule has 3 heterocycles. The molecule has 4 amide bonds. The summed E-state index contributed by atoms with van der Waals surface area (Å²) in [5.74, 6) is -1.96. The van der Waals surface area contributed by atoms with Crippen molar-refractivity contribution in [1.82, 2.24) is 15.1 Å². The maximum absolute atomic E-state index is 13.7. The van der Waals surface area contributed by atoms with Gasteiger partial charge in [-0.05, 0) is 38.2 Å². The molecule has 0 bridgehead atoms. The van der Waals surface area contributed by atoms with Crippen molar-refractivity contribution in [3.63, 3.8) is 0 Å². The van der Waals surface area contributed by atoms with E-state index in [1.807, 2.05) is 26.8 Å². The van der Waals surface area contributed by atoms with E-state index in [9.17, 15) is 19.2 Å². The number of Topliss-reactive ketones (excluding diaryl/α,β-unsaturated/α-hetero) is 1. The monoisotopic (exact) mass is 512 g/mol. The summed E-state index contributed by atoms with van der Waals surface area (Å²) in [4.78, 5) is 55.6. The molecule has 2 fully saturated rings. The van der Waals surface area contributed by atoms with E-state index < -0.39 is 17.9 Å². The molecule has 2 aliphatic heterocycles. The topological polar surface area (TPSA) is 135 Å². The normalized spacial score (nSPS) is 21.7. The number of likely N-dealkylation sites (tertiary alicyclic amines) is 1. The predicted octanol–water partition coefficient (Wildman–Crippen LogP) is 2.65. The first-order valence-electron chi connectivity index (χ1n) is 12.9. The summed E-state index contributed by atoms with van der Waals surface area (Å²) in [5.41, 5.74) is 6.55. The highest BCUT2D eigenvalue weighted by Gasteiger charge is 2.37. The molecule has 4 rings (SSSR count). The molecular formula is C27H36N4O6. The van der Waals surface area contributed by atoms with E-state index >= 15 is 0 Å². The van der Waals surface area contributed by atoms with Crippen LogP contribution in [0.15, 0.2) is 28.7 Å². The number of urea groups is 1. The molecule has 10 nitrogen and oxygen atoms in total. The van der Waals surface area contributed by atoms with Crippen LogP contribution in [0.1, 0.15) is 62.1 Å². The van der Waals surface area contributed by atoms with Crippen LogP contribution in [0.2, 0.25) is 0 Å². The number of amides is 4. The zero-order chi connectivity index (χ0) is 26.7. The fourth-order valence-electron chi connectivity index (χ4n) is 5.20. The molecule has 2 saturated heterocycles. The zero-order valence-electron chi connectivity index (χ0n) is 21.7. The van der Waals surface area contributed by atoms with Crippen LogP contribution in [-0.2, 0) is 14.3 Å². The number of ether oxygens (including phenoxy) is 1. The van der Waals surface area contributed by atoms with Gasteiger partial charge in [-0.15, -0.1) is 0 Å². The van der Waals surface area contributed by atoms with Crippen molar-refractivity contribution in [1.29, 1.82) is 0 Å². The van der Waals surface area contributed by atoms with Gasteiger partial charge in [0.2, 0.25) is 5.91 Å². The van der Waals surface area contributed by atoms with Crippen molar-refractivity contribution in [2.24, 2.45) is 11.7 Å². The minimum Gasteiger partial charge on any atom is -0.451 e. The van der Waals surface area contributed by atoms with Crippen molar-refractivity contribution >= 4 is 34.6 Å². The fraction of sp³-hybridized carbons (Fsp3) is 0.556. The Hall–Kier alpha value is -3.40. The number of fused-ring (bicyclic) bond motifs is 1. The Bertz CT molecular complexity index is 1170. The van der Waals surface area contributed by atoms with Gasteiger partial charge in [-0.3, -0.25) is 14.4 Å². The van der Waals surface area contributed by atoms with Gasteiger partial charge in [0.1, 0.15) is 5.58 Å². The number of carbonyl (C=O) groups is 4. The Morgan fingerprint density at radius 3 is 2.51 bits per heavy atom. The number of hydrogen-bond acceptors (Lipinski definition) is 6. The van der Waals surface area contributed by atoms with Crippen LogP contribution < -0.4 is 11.1 Å². The standard InChI is InChI=1S/C27H36N4O6/c1-16(2)14-19(23-18-6-4-5-7-22(18)37-24(23)25(28)33)26(34)29-20-9-8-17(3)31(15-21(20)32)27(35)30-10-12-36-13-11-30/h4-7,16-17,19-20H,8-15H2,1-3H3,(H2,28,33)(H,29,34)/t17-,19+,20+/m1/s1. The minimum atomic E-state index is -0.746. The first-order chi connectivity index (χ1) is 17.7. The van der Waals surface area contributed by atoms with Crippen LogP contribution in [-0.4, -0.2) is 78.4 Å². The smallest absolute Gasteiger partial charge is 0.320 e. The van der Waals surface area contributed by atoms with Crippen LogP contribution in [0.5, 0.6) is 0 Å². The van der Waals surface area contributed by atoms with Gasteiger partial charge in [-0.25, -0.2) is 4.79 Å². The molecule has 10 heteroatoms. The second kappa shape index (κ2) is 11.3. The SMILES string of the molecule is CC(C)C[C@H](C(=O)N[C@H]1CC[C@@H](C)N(C(=O)N2CCOCC2)CC1=O)c1c(C(N)=O)oc2ccccc12. The molecule has 2 aromatic rings. The second-order valence-electron chi connectivity index (χ2n) is 10.4. The van der Waals surface area contributed by atoms with Gasteiger partial charge in [-0.2, -0.15) is 0 Å². The third-order valence-corrected chi connectivity index (χ3v) is 7.19. The molecule has 200 valence electrons. The molecule has 0 radical (unpaired) electrons. The summed E-state index contributed by atoms with van der Waals surface area (Å²) >= 11 is 0. The van der Waals surface area contributed by atoms with Gasteiger partial charge in [0.15, 0.2) is 11.5 Å². The average molecular weight is 513 g/mol. The first kappa shape index (κ1) is 26.7. The van der Waals surface area contributed by atoms with Crippen LogP contribution >= 0.6 is 0 Å². The highest BCUT2D eigenvalue weighted by Crippen LogP contribution is 2.36. The third-order valence-electron chi connectivity index (χ3n) is 7.19. The maximum Gasteiger partial charge on any atom is 0.320 e. The van der Waals surface area contributed by atoms with Gasteiger partial charge in [0.25, 0.3) is 5.91 Å². The summed E-state index contributed by atoms with van der Waals surface area (Å²) in [6.45, 7) is 7.77. The quantitative estimate of drug-likeness (QED) is 0.611. The van der Waals surface area contributed by atoms with E-state index in [1.54, 1.807) is 28.0 Å². The van der Waals surface area contributed by atoms with Gasteiger partial charge in [-0.1, -0.05) is 32.0 Å². The number of rotatable bonds is 6. The Morgan fingerprint density at radius 2 is 1.84 bits per heavy atom. The van der Waals surface area contributed by atoms with Gasteiger partial charge in [0, 0.05) is 30.1 Å². The summed E-state index contributed by atoms with van der Waals surface area (Å²) in [5, 5.41) is 3.59. The maximum atomic E-state index is 13.7. The van der Waals surface area contributed by atoms with Crippen molar-refractivity contribution in [3.05, 3.63) is 35.6 Å². The first-order valence-corrected chi connectivity index (χ1v) is 12.9. The lowest BCUT2D eigenvalue weighted by Crippen LogP contribution is -2.52. The van der Waals surface area contributed by atoms with Crippen molar-refractivity contribution in [3.8, 4) is 0 Å². The molecule has 2 aliphatic rings. The molecule has 37 heavy (non-hydrogen) atoms. The van der Waals surface area contributed by atoms with E-state index in [-0.39, 0.29) is 42.0 Å². The van der Waals surface area contributed by atoms with Crippen LogP contribution in [0, 0.1) is 5.92 Å². The highest BCUT2D eigenvalue weighted by molar-refractivity contribution is 6.02. The lowest BCUT2D eigenvalue weighted by molar-refractivity contribution is -0.129. The number of nitrogens with two attached hydrogens (primary N) is 1. The number of ketones is 1. The molecule has 0 aliphatic carbocycles. The summed E-state index contributed by atoms with van der Waals surface area (Å²) in [6.07, 6.45) is 1.43. The number of nitrogens with one attached hydrogen (secondary N) is 1. The average Bonchev–Trinajstić information content (AvgIpc) is 3.21. The largest absolute Gasteiger partial charge is 0.451 e. The fourth-order valence-corrected chi connectivity index (χ4v) is 5.20. The molecular weight excluding hydrogens is 476 g/mol. The Labute approximate surface area is 216 Å². The number of primary amides is 1. The lowest BCUT2D eigenvalue weighted by atomic mass is 9.87. The Morgan fingerprint density at radius 1 is 1.14 bits per heavy atom. The Balaban J connectivity index is 1.56. The molecule has 1 aromatic carbocycles.